The fourth-order valence-corrected chi connectivity index (χ4v) is 1.62. The Morgan fingerprint density at radius 3 is 2.06 bits per heavy atom. The van der Waals surface area contributed by atoms with Crippen LogP contribution >= 0.6 is 0 Å². The molecular formula is C10H5F6NO. The first-order valence-electron chi connectivity index (χ1n) is 4.70. The maximum Gasteiger partial charge on any atom is 0.435 e. The van der Waals surface area contributed by atoms with Crippen molar-refractivity contribution < 1.29 is 31.2 Å². The summed E-state index contributed by atoms with van der Waals surface area (Å²) in [6, 6.07) is 0.501. The number of benzene rings is 1. The zero-order valence-corrected chi connectivity index (χ0v) is 8.56. The largest absolute Gasteiger partial charge is 0.435 e. The van der Waals surface area contributed by atoms with E-state index >= 15 is 0 Å². The van der Waals surface area contributed by atoms with Crippen LogP contribution in [0.25, 0.3) is 0 Å². The number of oxime groups is 1. The molecule has 0 bridgehead atoms. The van der Waals surface area contributed by atoms with Crippen LogP contribution in [0.5, 0.6) is 0 Å². The molecule has 0 aliphatic carbocycles. The number of halogens is 6. The molecule has 0 amide bonds. The molecule has 0 fully saturated rings. The molecule has 2 nitrogen and oxygen atoms in total. The first-order chi connectivity index (χ1) is 8.28. The summed E-state index contributed by atoms with van der Waals surface area (Å²) >= 11 is 0. The van der Waals surface area contributed by atoms with Gasteiger partial charge >= 0.3 is 6.18 Å². The van der Waals surface area contributed by atoms with Gasteiger partial charge in [-0.1, -0.05) is 5.16 Å². The van der Waals surface area contributed by atoms with Crippen molar-refractivity contribution in [2.45, 2.75) is 18.2 Å². The molecule has 1 aliphatic heterocycles. The van der Waals surface area contributed by atoms with Gasteiger partial charge in [0.25, 0.3) is 5.60 Å². The van der Waals surface area contributed by atoms with Crippen LogP contribution in [-0.2, 0) is 10.4 Å². The Kier molecular flexibility index (Phi) is 2.75. The molecule has 1 unspecified atom stereocenters. The minimum Gasteiger partial charge on any atom is -0.375 e. The molecule has 1 atom stereocenters. The quantitative estimate of drug-likeness (QED) is 0.566. The lowest BCUT2D eigenvalue weighted by Crippen LogP contribution is -2.42. The molecule has 0 aromatic heterocycles. The van der Waals surface area contributed by atoms with Crippen molar-refractivity contribution in [2.24, 2.45) is 5.16 Å². The van der Waals surface area contributed by atoms with Crippen LogP contribution in [0.1, 0.15) is 12.0 Å². The maximum atomic E-state index is 13.0. The molecule has 2 rings (SSSR count). The normalized spacial score (nSPS) is 23.2. The van der Waals surface area contributed by atoms with Gasteiger partial charge in [-0.3, -0.25) is 0 Å². The number of rotatable bonds is 1. The summed E-state index contributed by atoms with van der Waals surface area (Å²) < 4.78 is 77.4. The Bertz CT molecular complexity index is 479. The van der Waals surface area contributed by atoms with E-state index in [0.717, 1.165) is 6.21 Å². The van der Waals surface area contributed by atoms with Crippen molar-refractivity contribution in [1.29, 1.82) is 0 Å². The molecular weight excluding hydrogens is 264 g/mol. The minimum absolute atomic E-state index is 0.251. The van der Waals surface area contributed by atoms with Crippen LogP contribution in [0.2, 0.25) is 0 Å². The number of hydrogen-bond donors (Lipinski definition) is 0. The number of nitrogens with zero attached hydrogens (tertiary/aromatic N) is 1. The Labute approximate surface area is 96.8 Å². The molecule has 0 saturated carbocycles. The molecule has 1 aromatic rings. The summed E-state index contributed by atoms with van der Waals surface area (Å²) in [6.07, 6.45) is -4.85. The van der Waals surface area contributed by atoms with Crippen molar-refractivity contribution >= 4 is 6.21 Å². The second-order valence-electron chi connectivity index (χ2n) is 3.66. The molecule has 1 aliphatic rings. The van der Waals surface area contributed by atoms with E-state index in [1.165, 1.54) is 0 Å². The Hall–Kier alpha value is -1.73. The Balaban J connectivity index is 2.58. The Morgan fingerprint density at radius 1 is 1.11 bits per heavy atom. The van der Waals surface area contributed by atoms with E-state index in [4.69, 9.17) is 0 Å². The molecule has 98 valence electrons. The fraction of sp³-hybridized carbons (Fsp3) is 0.300. The van der Waals surface area contributed by atoms with Gasteiger partial charge in [0.1, 0.15) is 0 Å². The van der Waals surface area contributed by atoms with E-state index in [0.29, 0.717) is 0 Å². The third-order valence-corrected chi connectivity index (χ3v) is 2.57. The lowest BCUT2D eigenvalue weighted by molar-refractivity contribution is -0.276. The topological polar surface area (TPSA) is 21.6 Å². The van der Waals surface area contributed by atoms with Gasteiger partial charge in [0.2, 0.25) is 0 Å². The molecule has 0 saturated heterocycles. The monoisotopic (exact) mass is 269 g/mol. The summed E-state index contributed by atoms with van der Waals surface area (Å²) in [4.78, 5) is 4.23. The first kappa shape index (κ1) is 12.7. The standard InChI is InChI=1S/C10H5F6NO/c11-6-3-5(4-7(12)8(6)13)9(10(14,15)16)1-2-17-18-9/h2-4H,1H2. The summed E-state index contributed by atoms with van der Waals surface area (Å²) in [5.41, 5.74) is -3.84. The second kappa shape index (κ2) is 3.89. The smallest absolute Gasteiger partial charge is 0.375 e. The molecule has 18 heavy (non-hydrogen) atoms. The van der Waals surface area contributed by atoms with Gasteiger partial charge in [-0.05, 0) is 12.1 Å². The van der Waals surface area contributed by atoms with Crippen LogP contribution in [0, 0.1) is 17.5 Å². The average Bonchev–Trinajstić information content (AvgIpc) is 2.74. The van der Waals surface area contributed by atoms with Gasteiger partial charge in [-0.15, -0.1) is 0 Å². The third kappa shape index (κ3) is 1.72. The maximum absolute atomic E-state index is 13.0. The second-order valence-corrected chi connectivity index (χ2v) is 3.66. The van der Waals surface area contributed by atoms with E-state index in [9.17, 15) is 26.3 Å². The van der Waals surface area contributed by atoms with Gasteiger partial charge in [0.05, 0.1) is 0 Å². The van der Waals surface area contributed by atoms with Crippen LogP contribution < -0.4 is 0 Å². The lowest BCUT2D eigenvalue weighted by Gasteiger charge is -2.29. The highest BCUT2D eigenvalue weighted by atomic mass is 19.4. The minimum atomic E-state index is -4.94. The van der Waals surface area contributed by atoms with Crippen LogP contribution in [-0.4, -0.2) is 12.4 Å². The van der Waals surface area contributed by atoms with Crippen LogP contribution in [0.15, 0.2) is 17.3 Å². The van der Waals surface area contributed by atoms with Crippen molar-refractivity contribution in [3.63, 3.8) is 0 Å². The Morgan fingerprint density at radius 2 is 1.67 bits per heavy atom. The zero-order chi connectivity index (χ0) is 13.6. The van der Waals surface area contributed by atoms with Crippen molar-refractivity contribution in [3.8, 4) is 0 Å². The van der Waals surface area contributed by atoms with Crippen molar-refractivity contribution in [2.75, 3.05) is 0 Å². The summed E-state index contributed by atoms with van der Waals surface area (Å²) in [5.74, 6) is -5.27. The number of alkyl halides is 3. The summed E-state index contributed by atoms with van der Waals surface area (Å²) in [5, 5.41) is 2.98. The van der Waals surface area contributed by atoms with Gasteiger partial charge in [-0.2, -0.15) is 13.2 Å². The highest BCUT2D eigenvalue weighted by Crippen LogP contribution is 2.47. The van der Waals surface area contributed by atoms with Crippen molar-refractivity contribution in [3.05, 3.63) is 35.1 Å². The molecule has 0 N–H and O–H groups in total. The van der Waals surface area contributed by atoms with E-state index < -0.39 is 41.2 Å². The van der Waals surface area contributed by atoms with Gasteiger partial charge in [-0.25, -0.2) is 13.2 Å². The average molecular weight is 269 g/mol. The van der Waals surface area contributed by atoms with E-state index in [-0.39, 0.29) is 12.1 Å². The van der Waals surface area contributed by atoms with Crippen LogP contribution in [0.4, 0.5) is 26.3 Å². The highest BCUT2D eigenvalue weighted by Gasteiger charge is 2.61. The molecule has 8 heteroatoms. The van der Waals surface area contributed by atoms with E-state index in [1.54, 1.807) is 0 Å². The lowest BCUT2D eigenvalue weighted by atomic mass is 9.90. The van der Waals surface area contributed by atoms with Gasteiger partial charge in [0, 0.05) is 18.2 Å². The third-order valence-electron chi connectivity index (χ3n) is 2.57. The molecule has 1 heterocycles. The predicted molar refractivity (Wildman–Crippen MR) is 48.2 cm³/mol. The fourth-order valence-electron chi connectivity index (χ4n) is 1.62. The van der Waals surface area contributed by atoms with Gasteiger partial charge < -0.3 is 4.84 Å². The molecule has 0 radical (unpaired) electrons. The number of hydrogen-bond acceptors (Lipinski definition) is 2. The molecule has 0 spiro atoms. The van der Waals surface area contributed by atoms with Crippen molar-refractivity contribution in [1.82, 2.24) is 0 Å². The van der Waals surface area contributed by atoms with E-state index in [2.05, 4.69) is 9.99 Å². The zero-order valence-electron chi connectivity index (χ0n) is 8.56. The predicted octanol–water partition coefficient (Wildman–Crippen LogP) is 3.27. The molecule has 1 aromatic carbocycles. The first-order valence-corrected chi connectivity index (χ1v) is 4.70. The summed E-state index contributed by atoms with van der Waals surface area (Å²) in [6.45, 7) is 0. The summed E-state index contributed by atoms with van der Waals surface area (Å²) in [7, 11) is 0. The van der Waals surface area contributed by atoms with Gasteiger partial charge in [0.15, 0.2) is 17.5 Å². The van der Waals surface area contributed by atoms with E-state index in [1.807, 2.05) is 0 Å². The SMILES string of the molecule is Fc1cc(C2(C(F)(F)F)CC=NO2)cc(F)c1F. The highest BCUT2D eigenvalue weighted by molar-refractivity contribution is 5.61. The van der Waals surface area contributed by atoms with Crippen LogP contribution in [0.3, 0.4) is 0 Å².